The first-order valence-corrected chi connectivity index (χ1v) is 6.04. The first-order valence-electron chi connectivity index (χ1n) is 6.04. The third-order valence-electron chi connectivity index (χ3n) is 2.80. The van der Waals surface area contributed by atoms with Crippen LogP contribution in [-0.4, -0.2) is 22.9 Å². The summed E-state index contributed by atoms with van der Waals surface area (Å²) in [6, 6.07) is 0. The van der Waals surface area contributed by atoms with Crippen molar-refractivity contribution < 1.29 is 0 Å². The van der Waals surface area contributed by atoms with Gasteiger partial charge in [-0.05, 0) is 35.5 Å². The maximum absolute atomic E-state index is 3.73. The van der Waals surface area contributed by atoms with Gasteiger partial charge in [-0.3, -0.25) is 0 Å². The van der Waals surface area contributed by atoms with Gasteiger partial charge in [-0.2, -0.15) is 0 Å². The molecular formula is C16H18N2. The van der Waals surface area contributed by atoms with Gasteiger partial charge in [0, 0.05) is 37.9 Å². The summed E-state index contributed by atoms with van der Waals surface area (Å²) in [7, 11) is 0. The van der Waals surface area contributed by atoms with Crippen LogP contribution in [-0.2, 0) is 0 Å². The van der Waals surface area contributed by atoms with Crippen molar-refractivity contribution in [2.75, 3.05) is 13.1 Å². The lowest BCUT2D eigenvalue weighted by molar-refractivity contribution is 0.558. The SMILES string of the molecule is C=CCN1C=CC(=C2C=CN(CC=C)C=C2)C=C1. The van der Waals surface area contributed by atoms with Crippen molar-refractivity contribution in [2.45, 2.75) is 0 Å². The molecule has 0 saturated carbocycles. The van der Waals surface area contributed by atoms with E-state index in [1.165, 1.54) is 11.1 Å². The molecule has 0 unspecified atom stereocenters. The molecule has 0 radical (unpaired) electrons. The predicted octanol–water partition coefficient (Wildman–Crippen LogP) is 3.34. The molecule has 18 heavy (non-hydrogen) atoms. The molecular weight excluding hydrogens is 220 g/mol. The van der Waals surface area contributed by atoms with Crippen molar-refractivity contribution in [2.24, 2.45) is 0 Å². The number of nitrogens with zero attached hydrogens (tertiary/aromatic N) is 2. The summed E-state index contributed by atoms with van der Waals surface area (Å²) in [5.41, 5.74) is 2.45. The zero-order valence-corrected chi connectivity index (χ0v) is 10.5. The molecule has 0 aromatic heterocycles. The van der Waals surface area contributed by atoms with Crippen LogP contribution in [0.4, 0.5) is 0 Å². The first kappa shape index (κ1) is 12.2. The first-order chi connectivity index (χ1) is 8.83. The van der Waals surface area contributed by atoms with Gasteiger partial charge < -0.3 is 9.80 Å². The molecule has 2 heterocycles. The fourth-order valence-corrected chi connectivity index (χ4v) is 1.84. The van der Waals surface area contributed by atoms with E-state index in [2.05, 4.69) is 72.1 Å². The summed E-state index contributed by atoms with van der Waals surface area (Å²) in [5, 5.41) is 0. The van der Waals surface area contributed by atoms with Gasteiger partial charge in [0.05, 0.1) is 0 Å². The van der Waals surface area contributed by atoms with Gasteiger partial charge in [0.25, 0.3) is 0 Å². The maximum atomic E-state index is 3.73. The normalized spacial score (nSPS) is 17.6. The largest absolute Gasteiger partial charge is 0.350 e. The van der Waals surface area contributed by atoms with Crippen molar-refractivity contribution in [3.8, 4) is 0 Å². The summed E-state index contributed by atoms with van der Waals surface area (Å²) in [4.78, 5) is 4.19. The molecule has 0 spiro atoms. The van der Waals surface area contributed by atoms with E-state index in [1.54, 1.807) is 0 Å². The molecule has 0 amide bonds. The van der Waals surface area contributed by atoms with E-state index in [4.69, 9.17) is 0 Å². The predicted molar refractivity (Wildman–Crippen MR) is 77.4 cm³/mol. The van der Waals surface area contributed by atoms with Crippen molar-refractivity contribution >= 4 is 0 Å². The molecule has 0 atom stereocenters. The standard InChI is InChI=1S/C16H18N2/c1-3-9-17-11-5-15(6-12-17)16-7-13-18(10-4-2)14-8-16/h3-8,11-14H,1-2,9-10H2. The highest BCUT2D eigenvalue weighted by Gasteiger charge is 2.05. The van der Waals surface area contributed by atoms with Gasteiger partial charge in [0.1, 0.15) is 0 Å². The molecule has 0 bridgehead atoms. The van der Waals surface area contributed by atoms with Crippen LogP contribution < -0.4 is 0 Å². The zero-order chi connectivity index (χ0) is 12.8. The van der Waals surface area contributed by atoms with E-state index in [-0.39, 0.29) is 0 Å². The molecule has 2 rings (SSSR count). The average molecular weight is 238 g/mol. The third-order valence-corrected chi connectivity index (χ3v) is 2.80. The van der Waals surface area contributed by atoms with Gasteiger partial charge >= 0.3 is 0 Å². The highest BCUT2D eigenvalue weighted by Crippen LogP contribution is 2.19. The summed E-state index contributed by atoms with van der Waals surface area (Å²) in [6.07, 6.45) is 20.6. The zero-order valence-electron chi connectivity index (χ0n) is 10.5. The van der Waals surface area contributed by atoms with Crippen molar-refractivity contribution in [1.29, 1.82) is 0 Å². The van der Waals surface area contributed by atoms with E-state index in [0.29, 0.717) is 0 Å². The van der Waals surface area contributed by atoms with Crippen LogP contribution in [0.25, 0.3) is 0 Å². The van der Waals surface area contributed by atoms with Crippen LogP contribution >= 0.6 is 0 Å². The summed E-state index contributed by atoms with van der Waals surface area (Å²) in [5.74, 6) is 0. The molecule has 0 saturated heterocycles. The van der Waals surface area contributed by atoms with Crippen molar-refractivity contribution in [1.82, 2.24) is 9.80 Å². The number of rotatable bonds is 4. The Morgan fingerprint density at radius 2 is 1.06 bits per heavy atom. The van der Waals surface area contributed by atoms with Gasteiger partial charge in [-0.25, -0.2) is 0 Å². The summed E-state index contributed by atoms with van der Waals surface area (Å²) in [6.45, 7) is 9.15. The van der Waals surface area contributed by atoms with Gasteiger partial charge in [-0.15, -0.1) is 13.2 Å². The van der Waals surface area contributed by atoms with E-state index in [1.807, 2.05) is 12.2 Å². The van der Waals surface area contributed by atoms with Crippen LogP contribution in [0.5, 0.6) is 0 Å². The lowest BCUT2D eigenvalue weighted by atomic mass is 10.0. The van der Waals surface area contributed by atoms with Gasteiger partial charge in [0.15, 0.2) is 0 Å². The van der Waals surface area contributed by atoms with Crippen LogP contribution in [0.15, 0.2) is 85.6 Å². The van der Waals surface area contributed by atoms with E-state index >= 15 is 0 Å². The topological polar surface area (TPSA) is 6.48 Å². The maximum Gasteiger partial charge on any atom is 0.0397 e. The van der Waals surface area contributed by atoms with Gasteiger partial charge in [0.2, 0.25) is 0 Å². The Hall–Kier alpha value is -2.22. The smallest absolute Gasteiger partial charge is 0.0397 e. The fraction of sp³-hybridized carbons (Fsp3) is 0.125. The van der Waals surface area contributed by atoms with Crippen LogP contribution in [0.1, 0.15) is 0 Å². The van der Waals surface area contributed by atoms with Crippen molar-refractivity contribution in [3.63, 3.8) is 0 Å². The van der Waals surface area contributed by atoms with E-state index in [9.17, 15) is 0 Å². The van der Waals surface area contributed by atoms with Crippen LogP contribution in [0.2, 0.25) is 0 Å². The molecule has 2 aliphatic heterocycles. The Balaban J connectivity index is 2.07. The number of hydrogen-bond acceptors (Lipinski definition) is 2. The molecule has 92 valence electrons. The van der Waals surface area contributed by atoms with E-state index in [0.717, 1.165) is 13.1 Å². The minimum absolute atomic E-state index is 0.842. The second kappa shape index (κ2) is 5.92. The third kappa shape index (κ3) is 2.92. The lowest BCUT2D eigenvalue weighted by Gasteiger charge is -2.20. The minimum atomic E-state index is 0.842. The summed E-state index contributed by atoms with van der Waals surface area (Å²) >= 11 is 0. The second-order valence-electron chi connectivity index (χ2n) is 4.14. The van der Waals surface area contributed by atoms with Crippen molar-refractivity contribution in [3.05, 3.63) is 85.6 Å². The molecule has 0 fully saturated rings. The Kier molecular flexibility index (Phi) is 4.02. The monoisotopic (exact) mass is 238 g/mol. The highest BCUT2D eigenvalue weighted by atomic mass is 15.1. The Labute approximate surface area is 109 Å². The Morgan fingerprint density at radius 3 is 1.33 bits per heavy atom. The van der Waals surface area contributed by atoms with Crippen LogP contribution in [0.3, 0.4) is 0 Å². The van der Waals surface area contributed by atoms with E-state index < -0.39 is 0 Å². The Morgan fingerprint density at radius 1 is 0.722 bits per heavy atom. The average Bonchev–Trinajstić information content (AvgIpc) is 2.41. The molecule has 2 nitrogen and oxygen atoms in total. The lowest BCUT2D eigenvalue weighted by Crippen LogP contribution is -2.13. The molecule has 0 aromatic carbocycles. The quantitative estimate of drug-likeness (QED) is 0.693. The molecule has 2 aliphatic rings. The van der Waals surface area contributed by atoms with Gasteiger partial charge in [-0.1, -0.05) is 12.2 Å². The highest BCUT2D eigenvalue weighted by molar-refractivity contribution is 5.49. The van der Waals surface area contributed by atoms with Crippen LogP contribution in [0, 0.1) is 0 Å². The second-order valence-corrected chi connectivity index (χ2v) is 4.14. The summed E-state index contributed by atoms with van der Waals surface area (Å²) < 4.78 is 0. The number of allylic oxidation sites excluding steroid dienone is 6. The number of hydrogen-bond donors (Lipinski definition) is 0. The molecule has 2 heteroatoms. The Bertz CT molecular complexity index is 399. The minimum Gasteiger partial charge on any atom is -0.350 e. The fourth-order valence-electron chi connectivity index (χ4n) is 1.84. The molecule has 0 N–H and O–H groups in total. The molecule has 0 aromatic rings. The molecule has 0 aliphatic carbocycles.